The molecular formula is C9H14ClNS. The Bertz CT molecular complexity index is 201. The van der Waals surface area contributed by atoms with Gasteiger partial charge in [0.1, 0.15) is 0 Å². The molecule has 2 N–H and O–H groups in total. The minimum Gasteiger partial charge on any atom is -0.327 e. The Morgan fingerprint density at radius 1 is 1.33 bits per heavy atom. The van der Waals surface area contributed by atoms with Crippen LogP contribution in [-0.4, -0.2) is 11.8 Å². The van der Waals surface area contributed by atoms with Crippen molar-refractivity contribution in [3.8, 4) is 0 Å². The van der Waals surface area contributed by atoms with Gasteiger partial charge in [-0.3, -0.25) is 0 Å². The van der Waals surface area contributed by atoms with Gasteiger partial charge in [0.2, 0.25) is 0 Å². The van der Waals surface area contributed by atoms with E-state index in [1.807, 2.05) is 25.1 Å². The van der Waals surface area contributed by atoms with Crippen molar-refractivity contribution in [2.45, 2.75) is 17.9 Å². The van der Waals surface area contributed by atoms with Crippen molar-refractivity contribution in [1.29, 1.82) is 0 Å². The Morgan fingerprint density at radius 2 is 1.92 bits per heavy atom. The largest absolute Gasteiger partial charge is 0.327 e. The van der Waals surface area contributed by atoms with E-state index in [0.29, 0.717) is 0 Å². The summed E-state index contributed by atoms with van der Waals surface area (Å²) in [5.74, 6) is 0.990. The fraction of sp³-hybridized carbons (Fsp3) is 0.333. The molecule has 68 valence electrons. The van der Waals surface area contributed by atoms with Crippen LogP contribution in [0.15, 0.2) is 35.2 Å². The molecule has 0 aliphatic rings. The summed E-state index contributed by atoms with van der Waals surface area (Å²) in [6.45, 7) is 2.02. The second kappa shape index (κ2) is 6.35. The van der Waals surface area contributed by atoms with Crippen LogP contribution in [0.2, 0.25) is 0 Å². The lowest BCUT2D eigenvalue weighted by atomic mass is 10.4. The molecule has 1 rings (SSSR count). The summed E-state index contributed by atoms with van der Waals surface area (Å²) >= 11 is 1.80. The minimum absolute atomic E-state index is 0. The standard InChI is InChI=1S/C9H13NS.ClH/c1-8(10)7-11-9-5-3-2-4-6-9;/h2-6,8H,7,10H2,1H3;1H/t8-;/m0./s1. The van der Waals surface area contributed by atoms with Gasteiger partial charge in [0, 0.05) is 16.7 Å². The van der Waals surface area contributed by atoms with Crippen LogP contribution in [0.4, 0.5) is 0 Å². The highest BCUT2D eigenvalue weighted by atomic mass is 35.5. The zero-order valence-corrected chi connectivity index (χ0v) is 8.70. The predicted molar refractivity (Wildman–Crippen MR) is 58.1 cm³/mol. The van der Waals surface area contributed by atoms with Gasteiger partial charge in [-0.1, -0.05) is 18.2 Å². The molecule has 0 aliphatic heterocycles. The van der Waals surface area contributed by atoms with Crippen LogP contribution in [0.1, 0.15) is 6.92 Å². The summed E-state index contributed by atoms with van der Waals surface area (Å²) in [5.41, 5.74) is 5.62. The first kappa shape index (κ1) is 11.8. The summed E-state index contributed by atoms with van der Waals surface area (Å²) in [6, 6.07) is 10.6. The zero-order chi connectivity index (χ0) is 8.10. The van der Waals surface area contributed by atoms with Gasteiger partial charge in [0.15, 0.2) is 0 Å². The van der Waals surface area contributed by atoms with E-state index in [1.54, 1.807) is 11.8 Å². The second-order valence-electron chi connectivity index (χ2n) is 2.60. The Hall–Kier alpha value is -0.180. The number of nitrogens with two attached hydrogens (primary N) is 1. The average Bonchev–Trinajstić information content (AvgIpc) is 2.03. The molecule has 1 aromatic carbocycles. The number of rotatable bonds is 3. The molecule has 0 aromatic heterocycles. The molecule has 0 bridgehead atoms. The Morgan fingerprint density at radius 3 is 2.42 bits per heavy atom. The number of hydrogen-bond donors (Lipinski definition) is 1. The van der Waals surface area contributed by atoms with Crippen LogP contribution in [0.25, 0.3) is 0 Å². The van der Waals surface area contributed by atoms with Crippen molar-refractivity contribution in [2.24, 2.45) is 5.73 Å². The molecule has 0 radical (unpaired) electrons. The highest BCUT2D eigenvalue weighted by molar-refractivity contribution is 7.99. The Balaban J connectivity index is 0.00000121. The fourth-order valence-electron chi connectivity index (χ4n) is 0.744. The first-order valence-corrected chi connectivity index (χ1v) is 4.71. The normalized spacial score (nSPS) is 11.8. The molecule has 1 atom stereocenters. The van der Waals surface area contributed by atoms with Crippen molar-refractivity contribution < 1.29 is 0 Å². The Labute approximate surface area is 84.1 Å². The van der Waals surface area contributed by atoms with Crippen LogP contribution in [0.5, 0.6) is 0 Å². The van der Waals surface area contributed by atoms with Crippen LogP contribution in [0, 0.1) is 0 Å². The lowest BCUT2D eigenvalue weighted by molar-refractivity contribution is 0.847. The quantitative estimate of drug-likeness (QED) is 0.765. The number of benzene rings is 1. The van der Waals surface area contributed by atoms with E-state index in [4.69, 9.17) is 5.73 Å². The zero-order valence-electron chi connectivity index (χ0n) is 7.07. The molecule has 0 amide bonds. The topological polar surface area (TPSA) is 26.0 Å². The van der Waals surface area contributed by atoms with E-state index >= 15 is 0 Å². The van der Waals surface area contributed by atoms with E-state index in [1.165, 1.54) is 4.90 Å². The summed E-state index contributed by atoms with van der Waals surface area (Å²) in [4.78, 5) is 1.30. The van der Waals surface area contributed by atoms with Crippen LogP contribution < -0.4 is 5.73 Å². The van der Waals surface area contributed by atoms with Gasteiger partial charge in [-0.05, 0) is 19.1 Å². The first-order chi connectivity index (χ1) is 5.29. The first-order valence-electron chi connectivity index (χ1n) is 3.72. The average molecular weight is 204 g/mol. The van der Waals surface area contributed by atoms with Crippen molar-refractivity contribution >= 4 is 24.2 Å². The molecule has 0 saturated heterocycles. The third-order valence-electron chi connectivity index (χ3n) is 1.26. The Kier molecular flexibility index (Phi) is 6.25. The minimum atomic E-state index is 0. The smallest absolute Gasteiger partial charge is 0.0129 e. The molecule has 12 heavy (non-hydrogen) atoms. The van der Waals surface area contributed by atoms with Gasteiger partial charge in [-0.15, -0.1) is 24.2 Å². The highest BCUT2D eigenvalue weighted by Crippen LogP contribution is 2.16. The monoisotopic (exact) mass is 203 g/mol. The summed E-state index contributed by atoms with van der Waals surface area (Å²) in [5, 5.41) is 0. The molecule has 0 saturated carbocycles. The maximum Gasteiger partial charge on any atom is 0.0129 e. The molecule has 0 unspecified atom stereocenters. The van der Waals surface area contributed by atoms with Crippen molar-refractivity contribution in [3.05, 3.63) is 30.3 Å². The fourth-order valence-corrected chi connectivity index (χ4v) is 1.55. The lowest BCUT2D eigenvalue weighted by Gasteiger charge is -2.03. The summed E-state index contributed by atoms with van der Waals surface area (Å²) in [7, 11) is 0. The number of halogens is 1. The maximum absolute atomic E-state index is 5.62. The number of hydrogen-bond acceptors (Lipinski definition) is 2. The van der Waals surface area contributed by atoms with E-state index in [9.17, 15) is 0 Å². The van der Waals surface area contributed by atoms with Gasteiger partial charge in [-0.2, -0.15) is 0 Å². The highest BCUT2D eigenvalue weighted by Gasteiger charge is 1.95. The predicted octanol–water partition coefficient (Wildman–Crippen LogP) is 2.55. The van der Waals surface area contributed by atoms with Gasteiger partial charge in [0.05, 0.1) is 0 Å². The molecule has 1 nitrogen and oxygen atoms in total. The summed E-state index contributed by atoms with van der Waals surface area (Å²) < 4.78 is 0. The third-order valence-corrected chi connectivity index (χ3v) is 2.55. The lowest BCUT2D eigenvalue weighted by Crippen LogP contribution is -2.17. The number of thioether (sulfide) groups is 1. The van der Waals surface area contributed by atoms with Crippen molar-refractivity contribution in [3.63, 3.8) is 0 Å². The van der Waals surface area contributed by atoms with Crippen LogP contribution in [0.3, 0.4) is 0 Å². The van der Waals surface area contributed by atoms with E-state index in [2.05, 4.69) is 12.1 Å². The van der Waals surface area contributed by atoms with E-state index in [-0.39, 0.29) is 18.4 Å². The van der Waals surface area contributed by atoms with Crippen molar-refractivity contribution in [2.75, 3.05) is 5.75 Å². The molecule has 0 heterocycles. The van der Waals surface area contributed by atoms with Gasteiger partial charge >= 0.3 is 0 Å². The molecular weight excluding hydrogens is 190 g/mol. The molecule has 0 fully saturated rings. The summed E-state index contributed by atoms with van der Waals surface area (Å²) in [6.07, 6.45) is 0. The van der Waals surface area contributed by atoms with Gasteiger partial charge in [0.25, 0.3) is 0 Å². The van der Waals surface area contributed by atoms with Crippen LogP contribution in [-0.2, 0) is 0 Å². The van der Waals surface area contributed by atoms with Crippen LogP contribution >= 0.6 is 24.2 Å². The van der Waals surface area contributed by atoms with E-state index < -0.39 is 0 Å². The maximum atomic E-state index is 5.62. The van der Waals surface area contributed by atoms with Crippen molar-refractivity contribution in [1.82, 2.24) is 0 Å². The second-order valence-corrected chi connectivity index (χ2v) is 3.69. The molecule has 3 heteroatoms. The third kappa shape index (κ3) is 4.65. The molecule has 0 aliphatic carbocycles. The van der Waals surface area contributed by atoms with Gasteiger partial charge < -0.3 is 5.73 Å². The molecule has 1 aromatic rings. The van der Waals surface area contributed by atoms with E-state index in [0.717, 1.165) is 5.75 Å². The SMILES string of the molecule is C[C@H](N)CSc1ccccc1.Cl. The molecule has 0 spiro atoms. The van der Waals surface area contributed by atoms with Gasteiger partial charge in [-0.25, -0.2) is 0 Å².